The van der Waals surface area contributed by atoms with Gasteiger partial charge in [0.05, 0.1) is 10.6 Å². The SMILES string of the molecule is C[C@@H]1CCCN(S(=O)(=O)c2ccc(CS(C)(=O)=O)cc2)[C@@H]1CN. The second-order valence-corrected chi connectivity index (χ2v) is 10.3. The Morgan fingerprint density at radius 2 is 1.78 bits per heavy atom. The highest BCUT2D eigenvalue weighted by Gasteiger charge is 2.36. The van der Waals surface area contributed by atoms with Crippen molar-refractivity contribution in [2.24, 2.45) is 11.7 Å². The van der Waals surface area contributed by atoms with Crippen LogP contribution < -0.4 is 5.73 Å². The van der Waals surface area contributed by atoms with Crippen LogP contribution in [0.3, 0.4) is 0 Å². The minimum absolute atomic E-state index is 0.0977. The van der Waals surface area contributed by atoms with E-state index in [1.807, 2.05) is 6.92 Å². The largest absolute Gasteiger partial charge is 0.329 e. The zero-order valence-electron chi connectivity index (χ0n) is 13.5. The molecular weight excluding hydrogens is 336 g/mol. The molecule has 23 heavy (non-hydrogen) atoms. The Morgan fingerprint density at radius 1 is 1.17 bits per heavy atom. The number of nitrogens with zero attached hydrogens (tertiary/aromatic N) is 1. The van der Waals surface area contributed by atoms with Crippen molar-refractivity contribution < 1.29 is 16.8 Å². The molecule has 1 heterocycles. The molecule has 2 N–H and O–H groups in total. The van der Waals surface area contributed by atoms with Crippen molar-refractivity contribution >= 4 is 19.9 Å². The Kier molecular flexibility index (Phi) is 5.50. The van der Waals surface area contributed by atoms with E-state index >= 15 is 0 Å². The number of nitrogens with two attached hydrogens (primary N) is 1. The van der Waals surface area contributed by atoms with Gasteiger partial charge in [0.25, 0.3) is 0 Å². The van der Waals surface area contributed by atoms with E-state index in [2.05, 4.69) is 0 Å². The van der Waals surface area contributed by atoms with Crippen LogP contribution in [0.2, 0.25) is 0 Å². The van der Waals surface area contributed by atoms with Crippen molar-refractivity contribution in [2.75, 3.05) is 19.3 Å². The van der Waals surface area contributed by atoms with E-state index in [1.54, 1.807) is 12.1 Å². The molecule has 0 bridgehead atoms. The lowest BCUT2D eigenvalue weighted by molar-refractivity contribution is 0.192. The van der Waals surface area contributed by atoms with Gasteiger partial charge in [-0.05, 0) is 36.5 Å². The summed E-state index contributed by atoms with van der Waals surface area (Å²) >= 11 is 0. The maximum Gasteiger partial charge on any atom is 0.243 e. The lowest BCUT2D eigenvalue weighted by Crippen LogP contribution is -2.51. The Hall–Kier alpha value is -0.960. The van der Waals surface area contributed by atoms with Crippen LogP contribution in [0, 0.1) is 5.92 Å². The Balaban J connectivity index is 2.28. The fourth-order valence-electron chi connectivity index (χ4n) is 3.06. The fourth-order valence-corrected chi connectivity index (χ4v) is 5.62. The highest BCUT2D eigenvalue weighted by atomic mass is 32.2. The third kappa shape index (κ3) is 4.32. The average Bonchev–Trinajstić information content (AvgIpc) is 2.45. The van der Waals surface area contributed by atoms with Crippen molar-refractivity contribution in [1.82, 2.24) is 4.31 Å². The second kappa shape index (κ2) is 6.88. The standard InChI is InChI=1S/C15H24N2O4S2/c1-12-4-3-9-17(15(12)10-16)23(20,21)14-7-5-13(6-8-14)11-22(2,18)19/h5-8,12,15H,3-4,9-11,16H2,1-2H3/t12-,15-/m1/s1. The summed E-state index contributed by atoms with van der Waals surface area (Å²) in [5.74, 6) is 0.132. The van der Waals surface area contributed by atoms with Gasteiger partial charge in [0, 0.05) is 25.4 Å². The molecule has 0 aliphatic carbocycles. The molecule has 1 fully saturated rings. The molecule has 1 aliphatic rings. The van der Waals surface area contributed by atoms with Crippen LogP contribution in [-0.2, 0) is 25.6 Å². The van der Waals surface area contributed by atoms with E-state index in [0.29, 0.717) is 18.7 Å². The molecule has 0 unspecified atom stereocenters. The number of sulfonamides is 1. The first kappa shape index (κ1) is 18.4. The molecule has 0 spiro atoms. The first-order valence-electron chi connectivity index (χ1n) is 7.64. The van der Waals surface area contributed by atoms with E-state index in [0.717, 1.165) is 19.1 Å². The predicted molar refractivity (Wildman–Crippen MR) is 90.1 cm³/mol. The monoisotopic (exact) mass is 360 g/mol. The summed E-state index contributed by atoms with van der Waals surface area (Å²) in [5, 5.41) is 0. The van der Waals surface area contributed by atoms with Gasteiger partial charge in [-0.2, -0.15) is 4.31 Å². The molecule has 8 heteroatoms. The third-order valence-electron chi connectivity index (χ3n) is 4.27. The number of hydrogen-bond acceptors (Lipinski definition) is 5. The lowest BCUT2D eigenvalue weighted by atomic mass is 9.93. The molecule has 2 rings (SSSR count). The zero-order valence-corrected chi connectivity index (χ0v) is 15.1. The average molecular weight is 361 g/mol. The molecule has 2 atom stereocenters. The fraction of sp³-hybridized carbons (Fsp3) is 0.600. The molecule has 1 saturated heterocycles. The molecular formula is C15H24N2O4S2. The molecule has 1 aliphatic heterocycles. The van der Waals surface area contributed by atoms with Crippen LogP contribution in [0.25, 0.3) is 0 Å². The lowest BCUT2D eigenvalue weighted by Gasteiger charge is -2.38. The first-order chi connectivity index (χ1) is 10.6. The number of rotatable bonds is 5. The summed E-state index contributed by atoms with van der Waals surface area (Å²) in [6.45, 7) is 2.79. The van der Waals surface area contributed by atoms with Gasteiger partial charge in [-0.1, -0.05) is 19.1 Å². The summed E-state index contributed by atoms with van der Waals surface area (Å²) in [7, 11) is -6.76. The van der Waals surface area contributed by atoms with E-state index in [4.69, 9.17) is 5.73 Å². The topological polar surface area (TPSA) is 97.5 Å². The maximum atomic E-state index is 12.9. The summed E-state index contributed by atoms with van der Waals surface area (Å²) in [5.41, 5.74) is 6.36. The molecule has 130 valence electrons. The smallest absolute Gasteiger partial charge is 0.243 e. The Labute approximate surface area is 138 Å². The Bertz CT molecular complexity index is 742. The summed E-state index contributed by atoms with van der Waals surface area (Å²) in [4.78, 5) is 0.183. The molecule has 0 aromatic heterocycles. The van der Waals surface area contributed by atoms with Crippen molar-refractivity contribution in [2.45, 2.75) is 36.5 Å². The third-order valence-corrected chi connectivity index (χ3v) is 7.06. The number of piperidine rings is 1. The van der Waals surface area contributed by atoms with Crippen molar-refractivity contribution in [3.05, 3.63) is 29.8 Å². The van der Waals surface area contributed by atoms with Crippen LogP contribution in [0.15, 0.2) is 29.2 Å². The molecule has 0 saturated carbocycles. The van der Waals surface area contributed by atoms with E-state index in [9.17, 15) is 16.8 Å². The quantitative estimate of drug-likeness (QED) is 0.844. The predicted octanol–water partition coefficient (Wildman–Crippen LogP) is 0.979. The summed E-state index contributed by atoms with van der Waals surface area (Å²) in [6.07, 6.45) is 2.95. The van der Waals surface area contributed by atoms with E-state index < -0.39 is 19.9 Å². The van der Waals surface area contributed by atoms with Crippen LogP contribution in [0.1, 0.15) is 25.3 Å². The van der Waals surface area contributed by atoms with Gasteiger partial charge in [-0.25, -0.2) is 16.8 Å². The van der Waals surface area contributed by atoms with Crippen LogP contribution in [0.5, 0.6) is 0 Å². The first-order valence-corrected chi connectivity index (χ1v) is 11.1. The minimum atomic E-state index is -3.61. The van der Waals surface area contributed by atoms with Gasteiger partial charge in [0.1, 0.15) is 0 Å². The van der Waals surface area contributed by atoms with Gasteiger partial charge in [-0.15, -0.1) is 0 Å². The van der Waals surface area contributed by atoms with Gasteiger partial charge in [0.2, 0.25) is 10.0 Å². The van der Waals surface area contributed by atoms with Gasteiger partial charge in [-0.3, -0.25) is 0 Å². The van der Waals surface area contributed by atoms with Crippen LogP contribution in [-0.4, -0.2) is 46.5 Å². The van der Waals surface area contributed by atoms with E-state index in [-0.39, 0.29) is 22.6 Å². The number of sulfone groups is 1. The minimum Gasteiger partial charge on any atom is -0.329 e. The van der Waals surface area contributed by atoms with Crippen molar-refractivity contribution in [1.29, 1.82) is 0 Å². The summed E-state index contributed by atoms with van der Waals surface area (Å²) < 4.78 is 49.8. The summed E-state index contributed by atoms with van der Waals surface area (Å²) in [6, 6.07) is 5.87. The van der Waals surface area contributed by atoms with Gasteiger partial charge in [0.15, 0.2) is 9.84 Å². The second-order valence-electron chi connectivity index (χ2n) is 6.25. The van der Waals surface area contributed by atoms with Crippen LogP contribution >= 0.6 is 0 Å². The maximum absolute atomic E-state index is 12.9. The normalized spacial score (nSPS) is 23.8. The molecule has 6 nitrogen and oxygen atoms in total. The Morgan fingerprint density at radius 3 is 2.30 bits per heavy atom. The highest BCUT2D eigenvalue weighted by Crippen LogP contribution is 2.28. The van der Waals surface area contributed by atoms with Crippen molar-refractivity contribution in [3.8, 4) is 0 Å². The zero-order chi connectivity index (χ0) is 17.3. The molecule has 1 aromatic carbocycles. The van der Waals surface area contributed by atoms with Crippen molar-refractivity contribution in [3.63, 3.8) is 0 Å². The van der Waals surface area contributed by atoms with Gasteiger partial charge < -0.3 is 5.73 Å². The molecule has 1 aromatic rings. The number of benzene rings is 1. The van der Waals surface area contributed by atoms with Crippen LogP contribution in [0.4, 0.5) is 0 Å². The molecule has 0 amide bonds. The van der Waals surface area contributed by atoms with E-state index in [1.165, 1.54) is 16.4 Å². The van der Waals surface area contributed by atoms with Gasteiger partial charge >= 0.3 is 0 Å². The number of hydrogen-bond donors (Lipinski definition) is 1. The highest BCUT2D eigenvalue weighted by molar-refractivity contribution is 7.90. The molecule has 0 radical (unpaired) electrons.